The quantitative estimate of drug-likeness (QED) is 0.299. The number of fused-ring (bicyclic) bond motifs is 1. The molecule has 37 heavy (non-hydrogen) atoms. The Balaban J connectivity index is 1.90. The van der Waals surface area contributed by atoms with E-state index in [1.807, 2.05) is 0 Å². The lowest BCUT2D eigenvalue weighted by atomic mass is 9.96. The molecule has 1 atom stereocenters. The minimum atomic E-state index is -0.712. The molecule has 2 heterocycles. The number of nitrogens with zero attached hydrogens (tertiary/aromatic N) is 2. The van der Waals surface area contributed by atoms with Crippen LogP contribution in [-0.4, -0.2) is 30.9 Å². The maximum atomic E-state index is 13.7. The molecule has 3 aromatic rings. The van der Waals surface area contributed by atoms with Crippen molar-refractivity contribution >= 4 is 50.9 Å². The molecule has 0 N–H and O–H groups in total. The van der Waals surface area contributed by atoms with E-state index in [0.717, 1.165) is 0 Å². The first kappa shape index (κ1) is 26.7. The fourth-order valence-electron chi connectivity index (χ4n) is 3.98. The number of rotatable bonds is 7. The lowest BCUT2D eigenvalue weighted by Gasteiger charge is -2.24. The van der Waals surface area contributed by atoms with Crippen molar-refractivity contribution in [2.75, 3.05) is 20.3 Å². The van der Waals surface area contributed by atoms with Crippen LogP contribution < -0.4 is 24.4 Å². The third-order valence-corrected chi connectivity index (χ3v) is 7.38. The molecule has 1 aromatic heterocycles. The number of esters is 1. The van der Waals surface area contributed by atoms with Crippen molar-refractivity contribution in [1.82, 2.24) is 4.57 Å². The minimum absolute atomic E-state index is 0.0831. The van der Waals surface area contributed by atoms with Gasteiger partial charge in [-0.05, 0) is 71.2 Å². The Morgan fingerprint density at radius 3 is 2.70 bits per heavy atom. The van der Waals surface area contributed by atoms with Gasteiger partial charge in [0, 0.05) is 5.02 Å². The molecule has 190 valence electrons. The summed E-state index contributed by atoms with van der Waals surface area (Å²) in [5.41, 5.74) is 1.93. The van der Waals surface area contributed by atoms with Crippen molar-refractivity contribution < 1.29 is 19.0 Å². The van der Waals surface area contributed by atoms with E-state index < -0.39 is 12.0 Å². The lowest BCUT2D eigenvalue weighted by Crippen LogP contribution is -2.39. The summed E-state index contributed by atoms with van der Waals surface area (Å²) in [6, 6.07) is 9.87. The second-order valence-electron chi connectivity index (χ2n) is 7.88. The highest BCUT2D eigenvalue weighted by Gasteiger charge is 2.33. The van der Waals surface area contributed by atoms with E-state index in [-0.39, 0.29) is 18.8 Å². The first-order chi connectivity index (χ1) is 17.8. The largest absolute Gasteiger partial charge is 0.493 e. The Morgan fingerprint density at radius 2 is 2.05 bits per heavy atom. The summed E-state index contributed by atoms with van der Waals surface area (Å²) in [5.74, 6) is 2.84. The number of carbonyl (C=O) groups excluding carboxylic acids is 1. The van der Waals surface area contributed by atoms with E-state index in [1.54, 1.807) is 56.3 Å². The number of thiazole rings is 1. The predicted molar refractivity (Wildman–Crippen MR) is 147 cm³/mol. The summed E-state index contributed by atoms with van der Waals surface area (Å²) >= 11 is 10.8. The van der Waals surface area contributed by atoms with Gasteiger partial charge in [-0.25, -0.2) is 9.79 Å². The van der Waals surface area contributed by atoms with Crippen molar-refractivity contribution in [2.24, 2.45) is 4.99 Å². The van der Waals surface area contributed by atoms with Crippen LogP contribution >= 0.6 is 38.9 Å². The summed E-state index contributed by atoms with van der Waals surface area (Å²) in [6.07, 6.45) is 7.05. The van der Waals surface area contributed by atoms with Crippen molar-refractivity contribution in [3.05, 3.63) is 88.0 Å². The first-order valence-corrected chi connectivity index (χ1v) is 13.2. The first-order valence-electron chi connectivity index (χ1n) is 11.2. The molecular formula is C27H22BrClN2O5S. The maximum absolute atomic E-state index is 13.7. The third kappa shape index (κ3) is 5.37. The van der Waals surface area contributed by atoms with E-state index in [9.17, 15) is 9.59 Å². The molecule has 7 nitrogen and oxygen atoms in total. The molecule has 2 aromatic carbocycles. The van der Waals surface area contributed by atoms with Crippen molar-refractivity contribution in [3.63, 3.8) is 0 Å². The Hall–Kier alpha value is -3.32. The molecule has 0 aliphatic carbocycles. The van der Waals surface area contributed by atoms with E-state index >= 15 is 0 Å². The Morgan fingerprint density at radius 1 is 1.32 bits per heavy atom. The van der Waals surface area contributed by atoms with Crippen molar-refractivity contribution in [3.8, 4) is 23.8 Å². The van der Waals surface area contributed by atoms with Crippen molar-refractivity contribution in [2.45, 2.75) is 19.9 Å². The minimum Gasteiger partial charge on any atom is -0.493 e. The average molecular weight is 602 g/mol. The molecule has 10 heteroatoms. The highest BCUT2D eigenvalue weighted by atomic mass is 79.9. The van der Waals surface area contributed by atoms with Gasteiger partial charge in [0.15, 0.2) is 16.3 Å². The average Bonchev–Trinajstić information content (AvgIpc) is 3.17. The van der Waals surface area contributed by atoms with Crippen LogP contribution in [0.15, 0.2) is 61.9 Å². The Labute approximate surface area is 230 Å². The number of hydrogen-bond donors (Lipinski definition) is 0. The fourth-order valence-corrected chi connectivity index (χ4v) is 5.73. The Kier molecular flexibility index (Phi) is 8.22. The summed E-state index contributed by atoms with van der Waals surface area (Å²) < 4.78 is 18.9. The van der Waals surface area contributed by atoms with Crippen LogP contribution in [0.1, 0.15) is 31.0 Å². The zero-order chi connectivity index (χ0) is 26.7. The van der Waals surface area contributed by atoms with Gasteiger partial charge in [0.2, 0.25) is 0 Å². The molecule has 0 amide bonds. The number of carbonyl (C=O) groups is 1. The smallest absolute Gasteiger partial charge is 0.338 e. The number of halogens is 2. The molecule has 1 aliphatic rings. The summed E-state index contributed by atoms with van der Waals surface area (Å²) in [6.45, 7) is 3.75. The van der Waals surface area contributed by atoms with Crippen LogP contribution in [0.2, 0.25) is 5.02 Å². The molecular weight excluding hydrogens is 580 g/mol. The van der Waals surface area contributed by atoms with E-state index in [1.165, 1.54) is 23.0 Å². The topological polar surface area (TPSA) is 79.1 Å². The molecule has 0 spiro atoms. The molecule has 0 saturated carbocycles. The van der Waals surface area contributed by atoms with Gasteiger partial charge < -0.3 is 14.2 Å². The zero-order valence-electron chi connectivity index (χ0n) is 20.2. The number of aromatic nitrogens is 1. The van der Waals surface area contributed by atoms with Crippen LogP contribution in [0, 0.1) is 12.3 Å². The van der Waals surface area contributed by atoms with Gasteiger partial charge >= 0.3 is 5.97 Å². The number of ether oxygens (including phenoxy) is 3. The number of methoxy groups -OCH3 is 1. The predicted octanol–water partition coefficient (Wildman–Crippen LogP) is 4.23. The normalized spacial score (nSPS) is 15.0. The SMILES string of the molecule is C#CCOc1c(Br)cc(/C=c2\sc3n(c2=O)[C@H](c2ccc(Cl)cc2)C(C(=O)OCC)=C(C)N=3)cc1OC. The van der Waals surface area contributed by atoms with E-state index in [0.29, 0.717) is 52.7 Å². The van der Waals surface area contributed by atoms with Crippen LogP contribution in [-0.2, 0) is 9.53 Å². The van der Waals surface area contributed by atoms with Gasteiger partial charge in [0.25, 0.3) is 5.56 Å². The molecule has 0 saturated heterocycles. The van der Waals surface area contributed by atoms with Gasteiger partial charge in [-0.3, -0.25) is 9.36 Å². The van der Waals surface area contributed by atoms with Crippen LogP contribution in [0.4, 0.5) is 0 Å². The van der Waals surface area contributed by atoms with Gasteiger partial charge in [0.1, 0.15) is 6.61 Å². The van der Waals surface area contributed by atoms with Gasteiger partial charge in [-0.1, -0.05) is 41.0 Å². The summed E-state index contributed by atoms with van der Waals surface area (Å²) in [7, 11) is 1.52. The fraction of sp³-hybridized carbons (Fsp3) is 0.222. The standard InChI is InChI=1S/C27H22BrClN2O5S/c1-5-11-36-24-19(28)12-16(13-20(24)34-4)14-21-25(32)31-23(17-7-9-18(29)10-8-17)22(26(33)35-6-2)15(3)30-27(31)37-21/h1,7-10,12-14,23H,6,11H2,2-4H3/b21-14-/t23-/m1/s1. The highest BCUT2D eigenvalue weighted by Crippen LogP contribution is 2.37. The summed E-state index contributed by atoms with van der Waals surface area (Å²) in [4.78, 5) is 31.8. The monoisotopic (exact) mass is 600 g/mol. The molecule has 1 aliphatic heterocycles. The van der Waals surface area contributed by atoms with Gasteiger partial charge in [-0.2, -0.15) is 0 Å². The van der Waals surface area contributed by atoms with E-state index in [4.69, 9.17) is 32.2 Å². The number of hydrogen-bond acceptors (Lipinski definition) is 7. The molecule has 0 fully saturated rings. The second-order valence-corrected chi connectivity index (χ2v) is 10.2. The third-order valence-electron chi connectivity index (χ3n) is 5.55. The molecule has 4 rings (SSSR count). The van der Waals surface area contributed by atoms with E-state index in [2.05, 4.69) is 26.8 Å². The Bertz CT molecular complexity index is 1620. The zero-order valence-corrected chi connectivity index (χ0v) is 23.4. The number of allylic oxidation sites excluding steroid dienone is 1. The molecule has 0 bridgehead atoms. The van der Waals surface area contributed by atoms with Gasteiger partial charge in [0.05, 0.1) is 40.0 Å². The van der Waals surface area contributed by atoms with Gasteiger partial charge in [-0.15, -0.1) is 6.42 Å². The lowest BCUT2D eigenvalue weighted by molar-refractivity contribution is -0.139. The number of terminal acetylenes is 1. The summed E-state index contributed by atoms with van der Waals surface area (Å²) in [5, 5.41) is 0.545. The highest BCUT2D eigenvalue weighted by molar-refractivity contribution is 9.10. The molecule has 0 unspecified atom stereocenters. The number of benzene rings is 2. The van der Waals surface area contributed by atoms with Crippen LogP contribution in [0.25, 0.3) is 6.08 Å². The molecule has 0 radical (unpaired) electrons. The van der Waals surface area contributed by atoms with Crippen LogP contribution in [0.5, 0.6) is 11.5 Å². The van der Waals surface area contributed by atoms with Crippen molar-refractivity contribution in [1.29, 1.82) is 0 Å². The maximum Gasteiger partial charge on any atom is 0.338 e. The second kappa shape index (κ2) is 11.4. The van der Waals surface area contributed by atoms with Crippen LogP contribution in [0.3, 0.4) is 0 Å².